The van der Waals surface area contributed by atoms with Crippen LogP contribution in [-0.2, 0) is 11.3 Å². The number of piperidine rings is 1. The molecule has 2 heterocycles. The van der Waals surface area contributed by atoms with Crippen LogP contribution in [0.5, 0.6) is 5.75 Å². The van der Waals surface area contributed by atoms with Crippen LogP contribution in [0.4, 0.5) is 5.69 Å². The minimum absolute atomic E-state index is 0.00356. The smallest absolute Gasteiger partial charge is 0.229 e. The maximum atomic E-state index is 13.1. The van der Waals surface area contributed by atoms with Gasteiger partial charge in [-0.25, -0.2) is 0 Å². The van der Waals surface area contributed by atoms with Gasteiger partial charge in [0.05, 0.1) is 18.7 Å². The van der Waals surface area contributed by atoms with Crippen molar-refractivity contribution in [2.45, 2.75) is 44.3 Å². The third-order valence-electron chi connectivity index (χ3n) is 5.93. The zero-order valence-corrected chi connectivity index (χ0v) is 16.3. The molecular weight excluding hydrogens is 360 g/mol. The second-order valence-electron chi connectivity index (χ2n) is 7.47. The Labute approximate surface area is 165 Å². The van der Waals surface area contributed by atoms with Crippen molar-refractivity contribution in [1.29, 1.82) is 0 Å². The highest BCUT2D eigenvalue weighted by atomic mass is 35.5. The van der Waals surface area contributed by atoms with Gasteiger partial charge in [-0.15, -0.1) is 0 Å². The first-order chi connectivity index (χ1) is 13.2. The molecule has 0 saturated carbocycles. The molecular formula is C22H25ClN2O2. The standard InChI is InChI=1S/C22H25ClN2O2/c1-27-21-12-7-16(23)13-19(21)24-22(26)18-10-8-17-9-11-20(18)25(17)14-15-5-3-2-4-6-15/h2-7,12-13,17-18,20H,8-11,14H2,1H3,(H,24,26). The second kappa shape index (κ2) is 7.91. The van der Waals surface area contributed by atoms with Crippen molar-refractivity contribution in [3.8, 4) is 5.75 Å². The molecule has 3 atom stereocenters. The number of methoxy groups -OCH3 is 1. The lowest BCUT2D eigenvalue weighted by atomic mass is 9.89. The molecule has 27 heavy (non-hydrogen) atoms. The number of nitrogens with one attached hydrogen (secondary N) is 1. The van der Waals surface area contributed by atoms with Gasteiger partial charge in [-0.05, 0) is 49.4 Å². The van der Waals surface area contributed by atoms with Gasteiger partial charge < -0.3 is 10.1 Å². The molecule has 1 amide bonds. The van der Waals surface area contributed by atoms with Crippen molar-refractivity contribution in [3.63, 3.8) is 0 Å². The van der Waals surface area contributed by atoms with Crippen LogP contribution in [0.2, 0.25) is 5.02 Å². The van der Waals surface area contributed by atoms with Crippen LogP contribution in [0.3, 0.4) is 0 Å². The Morgan fingerprint density at radius 2 is 1.93 bits per heavy atom. The van der Waals surface area contributed by atoms with Gasteiger partial charge in [-0.3, -0.25) is 9.69 Å². The minimum atomic E-state index is -0.00356. The maximum Gasteiger partial charge on any atom is 0.229 e. The molecule has 0 radical (unpaired) electrons. The van der Waals surface area contributed by atoms with E-state index in [0.29, 0.717) is 28.5 Å². The number of nitrogens with zero attached hydrogens (tertiary/aromatic N) is 1. The molecule has 2 saturated heterocycles. The van der Waals surface area contributed by atoms with Crippen molar-refractivity contribution in [1.82, 2.24) is 4.90 Å². The van der Waals surface area contributed by atoms with E-state index in [1.165, 1.54) is 12.0 Å². The van der Waals surface area contributed by atoms with Gasteiger partial charge in [0.2, 0.25) is 5.91 Å². The quantitative estimate of drug-likeness (QED) is 0.810. The summed E-state index contributed by atoms with van der Waals surface area (Å²) in [5.74, 6) is 0.698. The number of hydrogen-bond acceptors (Lipinski definition) is 3. The molecule has 4 nitrogen and oxygen atoms in total. The zero-order chi connectivity index (χ0) is 18.8. The first-order valence-electron chi connectivity index (χ1n) is 9.60. The Balaban J connectivity index is 1.50. The van der Waals surface area contributed by atoms with Gasteiger partial charge in [0.25, 0.3) is 0 Å². The summed E-state index contributed by atoms with van der Waals surface area (Å²) in [6.07, 6.45) is 4.29. The number of hydrogen-bond donors (Lipinski definition) is 1. The lowest BCUT2D eigenvalue weighted by Crippen LogP contribution is -2.48. The molecule has 2 aliphatic heterocycles. The predicted molar refractivity (Wildman–Crippen MR) is 108 cm³/mol. The number of benzene rings is 2. The van der Waals surface area contributed by atoms with E-state index in [4.69, 9.17) is 16.3 Å². The van der Waals surface area contributed by atoms with E-state index in [1.807, 2.05) is 6.07 Å². The molecule has 3 unspecified atom stereocenters. The van der Waals surface area contributed by atoms with E-state index in [-0.39, 0.29) is 11.8 Å². The highest BCUT2D eigenvalue weighted by Gasteiger charge is 2.44. The molecule has 1 N–H and O–H groups in total. The molecule has 2 bridgehead atoms. The third-order valence-corrected chi connectivity index (χ3v) is 6.17. The highest BCUT2D eigenvalue weighted by Crippen LogP contribution is 2.41. The Bertz CT molecular complexity index is 811. The van der Waals surface area contributed by atoms with Crippen LogP contribution in [0.15, 0.2) is 48.5 Å². The fourth-order valence-corrected chi connectivity index (χ4v) is 4.79. The van der Waals surface area contributed by atoms with E-state index in [0.717, 1.165) is 25.8 Å². The van der Waals surface area contributed by atoms with Crippen molar-refractivity contribution in [2.24, 2.45) is 5.92 Å². The van der Waals surface area contributed by atoms with Crippen LogP contribution < -0.4 is 10.1 Å². The van der Waals surface area contributed by atoms with E-state index in [2.05, 4.69) is 34.5 Å². The van der Waals surface area contributed by atoms with Crippen LogP contribution in [0.1, 0.15) is 31.2 Å². The third kappa shape index (κ3) is 3.83. The first kappa shape index (κ1) is 18.3. The SMILES string of the molecule is COc1ccc(Cl)cc1NC(=O)C1CCC2CCC1N2Cc1ccccc1. The van der Waals surface area contributed by atoms with Crippen LogP contribution in [0, 0.1) is 5.92 Å². The van der Waals surface area contributed by atoms with Gasteiger partial charge in [-0.1, -0.05) is 41.9 Å². The number of rotatable bonds is 5. The number of fused-ring (bicyclic) bond motifs is 2. The topological polar surface area (TPSA) is 41.6 Å². The number of halogens is 1. The maximum absolute atomic E-state index is 13.1. The molecule has 5 heteroatoms. The Kier molecular flexibility index (Phi) is 5.37. The lowest BCUT2D eigenvalue weighted by molar-refractivity contribution is -0.123. The molecule has 0 spiro atoms. The molecule has 0 aliphatic carbocycles. The largest absolute Gasteiger partial charge is 0.495 e. The molecule has 0 aromatic heterocycles. The van der Waals surface area contributed by atoms with Crippen molar-refractivity contribution in [3.05, 3.63) is 59.1 Å². The van der Waals surface area contributed by atoms with Gasteiger partial charge in [0, 0.05) is 23.7 Å². The fraction of sp³-hybridized carbons (Fsp3) is 0.409. The average molecular weight is 385 g/mol. The Hall–Kier alpha value is -2.04. The Morgan fingerprint density at radius 1 is 1.15 bits per heavy atom. The number of carbonyl (C=O) groups is 1. The average Bonchev–Trinajstić information content (AvgIpc) is 2.92. The van der Waals surface area contributed by atoms with Crippen LogP contribution >= 0.6 is 11.6 Å². The monoisotopic (exact) mass is 384 g/mol. The summed E-state index contributed by atoms with van der Waals surface area (Å²) in [5.41, 5.74) is 1.96. The van der Waals surface area contributed by atoms with E-state index in [9.17, 15) is 4.79 Å². The van der Waals surface area contributed by atoms with Crippen molar-refractivity contribution >= 4 is 23.2 Å². The molecule has 2 aliphatic rings. The van der Waals surface area contributed by atoms with Gasteiger partial charge >= 0.3 is 0 Å². The predicted octanol–water partition coefficient (Wildman–Crippen LogP) is 4.73. The summed E-state index contributed by atoms with van der Waals surface area (Å²) < 4.78 is 5.37. The van der Waals surface area contributed by atoms with Crippen LogP contribution in [-0.4, -0.2) is 30.0 Å². The second-order valence-corrected chi connectivity index (χ2v) is 7.91. The first-order valence-corrected chi connectivity index (χ1v) is 9.97. The number of anilines is 1. The molecule has 2 aromatic rings. The molecule has 4 rings (SSSR count). The van der Waals surface area contributed by atoms with Crippen LogP contribution in [0.25, 0.3) is 0 Å². The van der Waals surface area contributed by atoms with Gasteiger partial charge in [-0.2, -0.15) is 0 Å². The Morgan fingerprint density at radius 3 is 2.70 bits per heavy atom. The summed E-state index contributed by atoms with van der Waals surface area (Å²) in [7, 11) is 1.60. The minimum Gasteiger partial charge on any atom is -0.495 e. The zero-order valence-electron chi connectivity index (χ0n) is 15.5. The number of ether oxygens (including phenoxy) is 1. The summed E-state index contributed by atoms with van der Waals surface area (Å²) in [5, 5.41) is 3.65. The summed E-state index contributed by atoms with van der Waals surface area (Å²) in [6.45, 7) is 0.917. The fourth-order valence-electron chi connectivity index (χ4n) is 4.62. The summed E-state index contributed by atoms with van der Waals surface area (Å²) >= 11 is 6.10. The summed E-state index contributed by atoms with van der Waals surface area (Å²) in [4.78, 5) is 15.6. The van der Waals surface area contributed by atoms with E-state index >= 15 is 0 Å². The van der Waals surface area contributed by atoms with Gasteiger partial charge in [0.1, 0.15) is 5.75 Å². The molecule has 142 valence electrons. The molecule has 2 fully saturated rings. The number of carbonyl (C=O) groups excluding carboxylic acids is 1. The number of amides is 1. The van der Waals surface area contributed by atoms with Gasteiger partial charge in [0.15, 0.2) is 0 Å². The molecule has 2 aromatic carbocycles. The highest BCUT2D eigenvalue weighted by molar-refractivity contribution is 6.31. The normalized spacial score (nSPS) is 24.6. The summed E-state index contributed by atoms with van der Waals surface area (Å²) in [6, 6.07) is 16.7. The van der Waals surface area contributed by atoms with Crippen molar-refractivity contribution in [2.75, 3.05) is 12.4 Å². The lowest BCUT2D eigenvalue weighted by Gasteiger charge is -2.39. The van der Waals surface area contributed by atoms with E-state index in [1.54, 1.807) is 25.3 Å². The van der Waals surface area contributed by atoms with E-state index < -0.39 is 0 Å². The van der Waals surface area contributed by atoms with Crippen molar-refractivity contribution < 1.29 is 9.53 Å².